The zero-order chi connectivity index (χ0) is 7.14. The van der Waals surface area contributed by atoms with E-state index in [1.165, 1.54) is 0 Å². The number of aliphatic hydroxyl groups is 1. The van der Waals surface area contributed by atoms with Crippen molar-refractivity contribution in [2.24, 2.45) is 0 Å². The molecule has 1 aromatic heterocycles. The van der Waals surface area contributed by atoms with Crippen LogP contribution in [0.25, 0.3) is 0 Å². The first kappa shape index (κ1) is 5.85. The van der Waals surface area contributed by atoms with Gasteiger partial charge in [0.1, 0.15) is 11.6 Å². The minimum absolute atomic E-state index is 0.268. The fraction of sp³-hybridized carbons (Fsp3) is 0.667. The van der Waals surface area contributed by atoms with Gasteiger partial charge in [-0.3, -0.25) is 0 Å². The first-order valence-corrected chi connectivity index (χ1v) is 3.34. The van der Waals surface area contributed by atoms with Crippen molar-refractivity contribution in [1.82, 2.24) is 14.8 Å². The highest BCUT2D eigenvalue weighted by molar-refractivity contribution is 4.98. The monoisotopic (exact) mass is 139 g/mol. The highest BCUT2D eigenvalue weighted by Crippen LogP contribution is 2.11. The molecule has 4 heteroatoms. The first-order valence-electron chi connectivity index (χ1n) is 3.34. The summed E-state index contributed by atoms with van der Waals surface area (Å²) >= 11 is 0. The largest absolute Gasteiger partial charge is 0.391 e. The van der Waals surface area contributed by atoms with Gasteiger partial charge in [0.25, 0.3) is 0 Å². The lowest BCUT2D eigenvalue weighted by atomic mass is 10.3. The molecule has 1 aliphatic rings. The van der Waals surface area contributed by atoms with Crippen LogP contribution in [0.15, 0.2) is 0 Å². The number of hydrogen-bond acceptors (Lipinski definition) is 3. The van der Waals surface area contributed by atoms with Crippen molar-refractivity contribution in [1.29, 1.82) is 0 Å². The van der Waals surface area contributed by atoms with Gasteiger partial charge >= 0.3 is 0 Å². The van der Waals surface area contributed by atoms with Gasteiger partial charge in [-0.05, 0) is 6.92 Å². The van der Waals surface area contributed by atoms with Crippen molar-refractivity contribution in [3.05, 3.63) is 11.6 Å². The molecule has 2 heterocycles. The number of nitrogens with zero attached hydrogens (tertiary/aromatic N) is 3. The van der Waals surface area contributed by atoms with Crippen molar-refractivity contribution in [2.75, 3.05) is 0 Å². The van der Waals surface area contributed by atoms with E-state index in [0.717, 1.165) is 11.6 Å². The summed E-state index contributed by atoms with van der Waals surface area (Å²) in [5, 5.41) is 13.2. The van der Waals surface area contributed by atoms with Crippen LogP contribution in [-0.4, -0.2) is 26.0 Å². The Kier molecular flexibility index (Phi) is 1.05. The van der Waals surface area contributed by atoms with Crippen LogP contribution in [0.1, 0.15) is 11.6 Å². The second-order valence-electron chi connectivity index (χ2n) is 2.62. The predicted octanol–water partition coefficient (Wildman–Crippen LogP) is -0.496. The molecule has 0 radical (unpaired) electrons. The molecule has 4 nitrogen and oxygen atoms in total. The van der Waals surface area contributed by atoms with E-state index in [1.54, 1.807) is 4.68 Å². The van der Waals surface area contributed by atoms with Crippen LogP contribution >= 0.6 is 0 Å². The molecule has 0 saturated carbocycles. The van der Waals surface area contributed by atoms with E-state index in [2.05, 4.69) is 10.1 Å². The van der Waals surface area contributed by atoms with E-state index in [1.807, 2.05) is 6.92 Å². The van der Waals surface area contributed by atoms with Crippen molar-refractivity contribution < 1.29 is 5.11 Å². The Labute approximate surface area is 58.5 Å². The molecule has 1 aromatic rings. The summed E-state index contributed by atoms with van der Waals surface area (Å²) < 4.78 is 1.76. The average Bonchev–Trinajstić information content (AvgIpc) is 2.21. The highest BCUT2D eigenvalue weighted by atomic mass is 16.3. The molecule has 10 heavy (non-hydrogen) atoms. The quantitative estimate of drug-likeness (QED) is 0.527. The average molecular weight is 139 g/mol. The molecule has 0 fully saturated rings. The maximum absolute atomic E-state index is 9.13. The number of fused-ring (bicyclic) bond motifs is 1. The van der Waals surface area contributed by atoms with Crippen molar-refractivity contribution in [3.63, 3.8) is 0 Å². The van der Waals surface area contributed by atoms with E-state index in [4.69, 9.17) is 5.11 Å². The molecule has 1 N–H and O–H groups in total. The Morgan fingerprint density at radius 3 is 3.20 bits per heavy atom. The third-order valence-electron chi connectivity index (χ3n) is 1.66. The molecule has 0 bridgehead atoms. The summed E-state index contributed by atoms with van der Waals surface area (Å²) in [5.41, 5.74) is 0. The van der Waals surface area contributed by atoms with Gasteiger partial charge in [0.05, 0.1) is 12.6 Å². The third-order valence-corrected chi connectivity index (χ3v) is 1.66. The molecular weight excluding hydrogens is 130 g/mol. The Morgan fingerprint density at radius 1 is 1.70 bits per heavy atom. The Balaban J connectivity index is 2.39. The Morgan fingerprint density at radius 2 is 2.50 bits per heavy atom. The number of aliphatic hydroxyl groups excluding tert-OH is 1. The number of rotatable bonds is 0. The van der Waals surface area contributed by atoms with Crippen LogP contribution in [0.4, 0.5) is 0 Å². The maximum Gasteiger partial charge on any atom is 0.147 e. The summed E-state index contributed by atoms with van der Waals surface area (Å²) in [4.78, 5) is 4.13. The summed E-state index contributed by atoms with van der Waals surface area (Å²) in [6.45, 7) is 2.47. The zero-order valence-corrected chi connectivity index (χ0v) is 5.78. The van der Waals surface area contributed by atoms with Crippen LogP contribution in [0.5, 0.6) is 0 Å². The van der Waals surface area contributed by atoms with Gasteiger partial charge < -0.3 is 5.11 Å². The maximum atomic E-state index is 9.13. The second kappa shape index (κ2) is 1.79. The van der Waals surface area contributed by atoms with Crippen LogP contribution in [0.3, 0.4) is 0 Å². The van der Waals surface area contributed by atoms with E-state index in [-0.39, 0.29) is 6.10 Å². The number of hydrogen-bond donors (Lipinski definition) is 1. The molecule has 1 aliphatic heterocycles. The molecule has 0 amide bonds. The molecule has 0 aromatic carbocycles. The molecule has 0 spiro atoms. The van der Waals surface area contributed by atoms with E-state index < -0.39 is 0 Å². The smallest absolute Gasteiger partial charge is 0.147 e. The number of aryl methyl sites for hydroxylation is 1. The lowest BCUT2D eigenvalue weighted by Gasteiger charge is -1.94. The van der Waals surface area contributed by atoms with Gasteiger partial charge in [0.15, 0.2) is 0 Å². The second-order valence-corrected chi connectivity index (χ2v) is 2.62. The van der Waals surface area contributed by atoms with E-state index in [9.17, 15) is 0 Å². The van der Waals surface area contributed by atoms with Crippen molar-refractivity contribution in [2.45, 2.75) is 26.0 Å². The normalized spacial score (nSPS) is 23.2. The van der Waals surface area contributed by atoms with Gasteiger partial charge in [-0.25, -0.2) is 9.67 Å². The standard InChI is InChI=1S/C6H9N3O/c1-4-7-6-2-5(10)3-9(6)8-4/h5,10H,2-3H2,1H3/t5-/m0/s1. The van der Waals surface area contributed by atoms with Gasteiger partial charge in [0.2, 0.25) is 0 Å². The molecule has 54 valence electrons. The molecule has 0 saturated heterocycles. The first-order chi connectivity index (χ1) is 4.75. The molecule has 1 atom stereocenters. The zero-order valence-electron chi connectivity index (χ0n) is 5.78. The van der Waals surface area contributed by atoms with Crippen LogP contribution < -0.4 is 0 Å². The van der Waals surface area contributed by atoms with Crippen LogP contribution in [0.2, 0.25) is 0 Å². The molecular formula is C6H9N3O. The van der Waals surface area contributed by atoms with Gasteiger partial charge in [-0.1, -0.05) is 0 Å². The summed E-state index contributed by atoms with van der Waals surface area (Å²) in [7, 11) is 0. The van der Waals surface area contributed by atoms with Crippen molar-refractivity contribution in [3.8, 4) is 0 Å². The Bertz CT molecular complexity index is 232. The van der Waals surface area contributed by atoms with E-state index in [0.29, 0.717) is 13.0 Å². The lowest BCUT2D eigenvalue weighted by molar-refractivity contribution is 0.172. The van der Waals surface area contributed by atoms with Crippen LogP contribution in [-0.2, 0) is 13.0 Å². The molecule has 0 aliphatic carbocycles. The minimum Gasteiger partial charge on any atom is -0.391 e. The summed E-state index contributed by atoms with van der Waals surface area (Å²) in [6, 6.07) is 0. The topological polar surface area (TPSA) is 50.9 Å². The molecule has 2 rings (SSSR count). The van der Waals surface area contributed by atoms with Crippen molar-refractivity contribution >= 4 is 0 Å². The van der Waals surface area contributed by atoms with Crippen LogP contribution in [0, 0.1) is 6.92 Å². The van der Waals surface area contributed by atoms with Gasteiger partial charge in [-0.2, -0.15) is 5.10 Å². The lowest BCUT2D eigenvalue weighted by Crippen LogP contribution is -2.08. The molecule has 0 unspecified atom stereocenters. The van der Waals surface area contributed by atoms with Gasteiger partial charge in [-0.15, -0.1) is 0 Å². The van der Waals surface area contributed by atoms with E-state index >= 15 is 0 Å². The SMILES string of the molecule is Cc1nc2n(n1)C[C@@H](O)C2. The minimum atomic E-state index is -0.268. The third kappa shape index (κ3) is 0.724. The number of aromatic nitrogens is 3. The highest BCUT2D eigenvalue weighted by Gasteiger charge is 2.21. The summed E-state index contributed by atoms with van der Waals surface area (Å²) in [5.74, 6) is 1.70. The Hall–Kier alpha value is -0.900. The fourth-order valence-corrected chi connectivity index (χ4v) is 1.27. The summed E-state index contributed by atoms with van der Waals surface area (Å²) in [6.07, 6.45) is 0.386. The predicted molar refractivity (Wildman–Crippen MR) is 34.5 cm³/mol. The van der Waals surface area contributed by atoms with Gasteiger partial charge in [0, 0.05) is 6.42 Å². The fourth-order valence-electron chi connectivity index (χ4n) is 1.27.